The van der Waals surface area contributed by atoms with Crippen LogP contribution in [0.15, 0.2) is 18.2 Å². The number of carbonyl (C=O) groups is 1. The van der Waals surface area contributed by atoms with Gasteiger partial charge in [-0.15, -0.1) is 0 Å². The summed E-state index contributed by atoms with van der Waals surface area (Å²) in [5.41, 5.74) is 0.556. The van der Waals surface area contributed by atoms with E-state index in [9.17, 15) is 9.18 Å². The summed E-state index contributed by atoms with van der Waals surface area (Å²) < 4.78 is 17.9. The van der Waals surface area contributed by atoms with Gasteiger partial charge in [-0.25, -0.2) is 4.39 Å². The number of methoxy groups -OCH3 is 1. The molecular formula is C13H15FN2O2. The Bertz CT molecular complexity index is 469. The molecule has 0 N–H and O–H groups in total. The van der Waals surface area contributed by atoms with E-state index in [1.165, 1.54) is 13.2 Å². The lowest BCUT2D eigenvalue weighted by Gasteiger charge is -2.20. The van der Waals surface area contributed by atoms with Crippen LogP contribution in [0.1, 0.15) is 18.4 Å². The van der Waals surface area contributed by atoms with Crippen molar-refractivity contribution in [1.82, 2.24) is 0 Å². The van der Waals surface area contributed by atoms with Crippen molar-refractivity contribution in [3.8, 4) is 6.07 Å². The van der Waals surface area contributed by atoms with E-state index in [1.807, 2.05) is 6.07 Å². The number of carbonyl (C=O) groups excluding carboxylic acids is 1. The molecule has 0 amide bonds. The summed E-state index contributed by atoms with van der Waals surface area (Å²) in [4.78, 5) is 12.7. The lowest BCUT2D eigenvalue weighted by molar-refractivity contribution is -0.140. The molecule has 0 unspecified atom stereocenters. The minimum Gasteiger partial charge on any atom is -0.469 e. The smallest absolute Gasteiger partial charge is 0.305 e. The Balaban J connectivity index is 2.68. The Morgan fingerprint density at radius 3 is 2.89 bits per heavy atom. The quantitative estimate of drug-likeness (QED) is 0.751. The van der Waals surface area contributed by atoms with Gasteiger partial charge in [-0.1, -0.05) is 6.07 Å². The number of halogens is 1. The maximum Gasteiger partial charge on any atom is 0.305 e. The first-order chi connectivity index (χ1) is 8.60. The second-order valence-corrected chi connectivity index (χ2v) is 3.85. The molecule has 5 heteroatoms. The number of benzene rings is 1. The Labute approximate surface area is 106 Å². The third-order valence-corrected chi connectivity index (χ3v) is 2.62. The van der Waals surface area contributed by atoms with E-state index in [0.717, 1.165) is 0 Å². The first-order valence-electron chi connectivity index (χ1n) is 5.56. The maximum atomic E-state index is 13.4. The zero-order valence-electron chi connectivity index (χ0n) is 10.4. The number of hydrogen-bond donors (Lipinski definition) is 0. The van der Waals surface area contributed by atoms with Crippen LogP contribution in [-0.4, -0.2) is 26.7 Å². The van der Waals surface area contributed by atoms with Gasteiger partial charge >= 0.3 is 5.97 Å². The Morgan fingerprint density at radius 2 is 2.28 bits per heavy atom. The van der Waals surface area contributed by atoms with Crippen LogP contribution in [0.4, 0.5) is 10.1 Å². The van der Waals surface area contributed by atoms with Crippen LogP contribution in [0.3, 0.4) is 0 Å². The zero-order valence-corrected chi connectivity index (χ0v) is 10.4. The summed E-state index contributed by atoms with van der Waals surface area (Å²) in [7, 11) is 3.10. The van der Waals surface area contributed by atoms with Crippen molar-refractivity contribution in [1.29, 1.82) is 5.26 Å². The van der Waals surface area contributed by atoms with Crippen molar-refractivity contribution < 1.29 is 13.9 Å². The van der Waals surface area contributed by atoms with E-state index in [2.05, 4.69) is 4.74 Å². The Hall–Kier alpha value is -2.09. The number of nitrogens with zero attached hydrogens (tertiary/aromatic N) is 2. The van der Waals surface area contributed by atoms with Crippen molar-refractivity contribution in [2.45, 2.75) is 12.8 Å². The van der Waals surface area contributed by atoms with E-state index < -0.39 is 5.82 Å². The van der Waals surface area contributed by atoms with Gasteiger partial charge in [0, 0.05) is 20.0 Å². The topological polar surface area (TPSA) is 53.3 Å². The largest absolute Gasteiger partial charge is 0.469 e. The van der Waals surface area contributed by atoms with E-state index in [0.29, 0.717) is 25.1 Å². The van der Waals surface area contributed by atoms with Crippen LogP contribution < -0.4 is 4.90 Å². The van der Waals surface area contributed by atoms with Gasteiger partial charge in [-0.2, -0.15) is 5.26 Å². The van der Waals surface area contributed by atoms with Gasteiger partial charge in [0.2, 0.25) is 0 Å². The van der Waals surface area contributed by atoms with Gasteiger partial charge in [0.25, 0.3) is 0 Å². The van der Waals surface area contributed by atoms with Gasteiger partial charge in [0.1, 0.15) is 17.4 Å². The molecule has 1 aromatic rings. The van der Waals surface area contributed by atoms with Gasteiger partial charge in [0.15, 0.2) is 0 Å². The fourth-order valence-electron chi connectivity index (χ4n) is 1.62. The molecule has 4 nitrogen and oxygen atoms in total. The third-order valence-electron chi connectivity index (χ3n) is 2.62. The molecule has 0 aliphatic heterocycles. The molecule has 18 heavy (non-hydrogen) atoms. The van der Waals surface area contributed by atoms with Crippen molar-refractivity contribution in [3.05, 3.63) is 29.6 Å². The number of esters is 1. The van der Waals surface area contributed by atoms with Gasteiger partial charge in [-0.05, 0) is 18.6 Å². The van der Waals surface area contributed by atoms with Gasteiger partial charge in [0.05, 0.1) is 12.8 Å². The molecular weight excluding hydrogens is 235 g/mol. The Kier molecular flexibility index (Phi) is 5.12. The van der Waals surface area contributed by atoms with Crippen molar-refractivity contribution in [3.63, 3.8) is 0 Å². The van der Waals surface area contributed by atoms with E-state index in [-0.39, 0.29) is 11.5 Å². The monoisotopic (exact) mass is 250 g/mol. The van der Waals surface area contributed by atoms with Gasteiger partial charge < -0.3 is 9.64 Å². The van der Waals surface area contributed by atoms with Crippen LogP contribution in [0.5, 0.6) is 0 Å². The maximum absolute atomic E-state index is 13.4. The van der Waals surface area contributed by atoms with Crippen LogP contribution in [-0.2, 0) is 9.53 Å². The SMILES string of the molecule is COC(=O)CCCN(C)c1cccc(F)c1C#N. The lowest BCUT2D eigenvalue weighted by Crippen LogP contribution is -2.20. The second-order valence-electron chi connectivity index (χ2n) is 3.85. The van der Waals surface area contributed by atoms with Crippen LogP contribution in [0, 0.1) is 17.1 Å². The number of anilines is 1. The molecule has 0 fully saturated rings. The molecule has 0 aromatic heterocycles. The molecule has 0 aliphatic rings. The first-order valence-corrected chi connectivity index (χ1v) is 5.56. The molecule has 1 aromatic carbocycles. The predicted octanol–water partition coefficient (Wildman–Crippen LogP) is 2.09. The fourth-order valence-corrected chi connectivity index (χ4v) is 1.62. The summed E-state index contributed by atoms with van der Waals surface area (Å²) >= 11 is 0. The highest BCUT2D eigenvalue weighted by molar-refractivity contribution is 5.69. The highest BCUT2D eigenvalue weighted by Gasteiger charge is 2.11. The molecule has 0 aliphatic carbocycles. The van der Waals surface area contributed by atoms with E-state index in [4.69, 9.17) is 5.26 Å². The third kappa shape index (κ3) is 3.45. The summed E-state index contributed by atoms with van der Waals surface area (Å²) in [5.74, 6) is -0.807. The number of nitriles is 1. The minimum absolute atomic E-state index is 0.0260. The standard InChI is InChI=1S/C13H15FN2O2/c1-16(8-4-7-13(17)18-2)12-6-3-5-11(14)10(12)9-15/h3,5-6H,4,7-8H2,1-2H3. The van der Waals surface area contributed by atoms with Gasteiger partial charge in [-0.3, -0.25) is 4.79 Å². The van der Waals surface area contributed by atoms with E-state index >= 15 is 0 Å². The molecule has 0 atom stereocenters. The highest BCUT2D eigenvalue weighted by atomic mass is 19.1. The minimum atomic E-state index is -0.533. The van der Waals surface area contributed by atoms with E-state index in [1.54, 1.807) is 24.1 Å². The molecule has 0 heterocycles. The number of ether oxygens (including phenoxy) is 1. The number of hydrogen-bond acceptors (Lipinski definition) is 4. The molecule has 0 bridgehead atoms. The fraction of sp³-hybridized carbons (Fsp3) is 0.385. The second kappa shape index (κ2) is 6.60. The van der Waals surface area contributed by atoms with Crippen molar-refractivity contribution in [2.24, 2.45) is 0 Å². The number of rotatable bonds is 5. The molecule has 96 valence electrons. The average Bonchev–Trinajstić information content (AvgIpc) is 2.37. The molecule has 1 rings (SSSR count). The zero-order chi connectivity index (χ0) is 13.5. The summed E-state index contributed by atoms with van der Waals surface area (Å²) in [5, 5.41) is 8.91. The molecule has 0 saturated heterocycles. The predicted molar refractivity (Wildman–Crippen MR) is 65.6 cm³/mol. The summed E-state index contributed by atoms with van der Waals surface area (Å²) in [6.07, 6.45) is 0.891. The lowest BCUT2D eigenvalue weighted by atomic mass is 10.1. The summed E-state index contributed by atoms with van der Waals surface area (Å²) in [6.45, 7) is 0.549. The molecule has 0 spiro atoms. The average molecular weight is 250 g/mol. The Morgan fingerprint density at radius 1 is 1.56 bits per heavy atom. The molecule has 0 saturated carbocycles. The van der Waals surface area contributed by atoms with Crippen molar-refractivity contribution in [2.75, 3.05) is 25.6 Å². The van der Waals surface area contributed by atoms with Crippen LogP contribution in [0.2, 0.25) is 0 Å². The van der Waals surface area contributed by atoms with Crippen LogP contribution in [0.25, 0.3) is 0 Å². The molecule has 0 radical (unpaired) electrons. The van der Waals surface area contributed by atoms with Crippen molar-refractivity contribution >= 4 is 11.7 Å². The first kappa shape index (κ1) is 14.0. The summed E-state index contributed by atoms with van der Waals surface area (Å²) in [6, 6.07) is 6.34. The normalized spacial score (nSPS) is 9.67. The van der Waals surface area contributed by atoms with Crippen LogP contribution >= 0.6 is 0 Å². The highest BCUT2D eigenvalue weighted by Crippen LogP contribution is 2.21.